The van der Waals surface area contributed by atoms with E-state index in [9.17, 15) is 4.79 Å². The number of likely N-dealkylation sites (N-methyl/N-ethyl adjacent to an activating group) is 1. The quantitative estimate of drug-likeness (QED) is 0.597. The van der Waals surface area contributed by atoms with Crippen molar-refractivity contribution in [3.63, 3.8) is 0 Å². The Hall–Kier alpha value is -1.55. The van der Waals surface area contributed by atoms with Crippen LogP contribution in [0.15, 0.2) is 22.6 Å². The van der Waals surface area contributed by atoms with Gasteiger partial charge in [0.15, 0.2) is 0 Å². The summed E-state index contributed by atoms with van der Waals surface area (Å²) in [6.07, 6.45) is 5.85. The Morgan fingerprint density at radius 2 is 2.17 bits per heavy atom. The number of hydrogen-bond donors (Lipinski definition) is 1. The maximum atomic E-state index is 11.7. The average Bonchev–Trinajstić information content (AvgIpc) is 2.77. The second kappa shape index (κ2) is 7.71. The van der Waals surface area contributed by atoms with Gasteiger partial charge in [0.2, 0.25) is 5.91 Å². The number of nitrogens with zero attached hydrogens (tertiary/aromatic N) is 1. The molecule has 0 aliphatic rings. The molecule has 0 saturated carbocycles. The Morgan fingerprint density at radius 1 is 1.39 bits per heavy atom. The first-order valence-corrected chi connectivity index (χ1v) is 6.24. The van der Waals surface area contributed by atoms with Crippen LogP contribution in [0.2, 0.25) is 0 Å². The summed E-state index contributed by atoms with van der Waals surface area (Å²) in [5.41, 5.74) is 0. The number of aliphatic hydroxyl groups excluding tert-OH is 1. The Morgan fingerprint density at radius 3 is 2.78 bits per heavy atom. The minimum Gasteiger partial charge on any atom is -0.462 e. The van der Waals surface area contributed by atoms with Crippen LogP contribution in [0, 0.1) is 6.92 Å². The molecule has 1 aromatic rings. The third kappa shape index (κ3) is 5.19. The first-order valence-electron chi connectivity index (χ1n) is 6.24. The normalized spacial score (nSPS) is 11.1. The SMILES string of the molecule is Cc1ccc(/C=C/C(=O)N(C)CCCCCO)o1. The van der Waals surface area contributed by atoms with Crippen LogP contribution in [-0.4, -0.2) is 36.1 Å². The van der Waals surface area contributed by atoms with Gasteiger partial charge in [0.05, 0.1) is 0 Å². The van der Waals surface area contributed by atoms with E-state index in [0.29, 0.717) is 12.3 Å². The van der Waals surface area contributed by atoms with E-state index in [1.54, 1.807) is 18.0 Å². The van der Waals surface area contributed by atoms with Crippen LogP contribution in [0.25, 0.3) is 6.08 Å². The van der Waals surface area contributed by atoms with Crippen molar-refractivity contribution in [2.45, 2.75) is 26.2 Å². The molecule has 0 fully saturated rings. The predicted molar refractivity (Wildman–Crippen MR) is 71.1 cm³/mol. The molecule has 0 atom stereocenters. The zero-order valence-corrected chi connectivity index (χ0v) is 11.1. The zero-order valence-electron chi connectivity index (χ0n) is 11.1. The van der Waals surface area contributed by atoms with Gasteiger partial charge in [0.25, 0.3) is 0 Å². The molecule has 1 aromatic heterocycles. The summed E-state index contributed by atoms with van der Waals surface area (Å²) < 4.78 is 5.34. The van der Waals surface area contributed by atoms with Gasteiger partial charge in [0, 0.05) is 26.3 Å². The molecule has 0 aliphatic heterocycles. The van der Waals surface area contributed by atoms with Gasteiger partial charge in [-0.05, 0) is 44.4 Å². The van der Waals surface area contributed by atoms with Crippen molar-refractivity contribution < 1.29 is 14.3 Å². The Bertz CT molecular complexity index is 395. The fourth-order valence-corrected chi connectivity index (χ4v) is 1.57. The van der Waals surface area contributed by atoms with E-state index < -0.39 is 0 Å². The minimum absolute atomic E-state index is 0.0342. The first-order chi connectivity index (χ1) is 8.63. The van der Waals surface area contributed by atoms with Crippen LogP contribution in [-0.2, 0) is 4.79 Å². The molecule has 0 saturated heterocycles. The number of carbonyl (C=O) groups excluding carboxylic acids is 1. The van der Waals surface area contributed by atoms with Gasteiger partial charge < -0.3 is 14.4 Å². The van der Waals surface area contributed by atoms with Crippen molar-refractivity contribution >= 4 is 12.0 Å². The van der Waals surface area contributed by atoms with Crippen molar-refractivity contribution in [3.05, 3.63) is 29.7 Å². The molecular weight excluding hydrogens is 230 g/mol. The fourth-order valence-electron chi connectivity index (χ4n) is 1.57. The third-order valence-corrected chi connectivity index (χ3v) is 2.68. The van der Waals surface area contributed by atoms with Gasteiger partial charge in [-0.25, -0.2) is 0 Å². The molecule has 0 unspecified atom stereocenters. The molecule has 1 N–H and O–H groups in total. The maximum absolute atomic E-state index is 11.7. The zero-order chi connectivity index (χ0) is 13.4. The molecule has 0 radical (unpaired) electrons. The van der Waals surface area contributed by atoms with E-state index in [0.717, 1.165) is 25.0 Å². The fraction of sp³-hybridized carbons (Fsp3) is 0.500. The van der Waals surface area contributed by atoms with Crippen molar-refractivity contribution in [1.82, 2.24) is 4.90 Å². The van der Waals surface area contributed by atoms with Crippen LogP contribution >= 0.6 is 0 Å². The largest absolute Gasteiger partial charge is 0.462 e. The summed E-state index contributed by atoms with van der Waals surface area (Å²) in [7, 11) is 1.78. The highest BCUT2D eigenvalue weighted by Gasteiger charge is 2.04. The highest BCUT2D eigenvalue weighted by atomic mass is 16.3. The molecule has 1 rings (SSSR count). The topological polar surface area (TPSA) is 53.7 Å². The number of furan rings is 1. The number of unbranched alkanes of at least 4 members (excludes halogenated alkanes) is 2. The standard InChI is InChI=1S/C14H21NO3/c1-12-6-7-13(18-12)8-9-14(17)15(2)10-4-3-5-11-16/h6-9,16H,3-5,10-11H2,1-2H3/b9-8+. The molecule has 0 spiro atoms. The van der Waals surface area contributed by atoms with E-state index in [1.807, 2.05) is 19.1 Å². The lowest BCUT2D eigenvalue weighted by atomic mass is 10.2. The minimum atomic E-state index is -0.0342. The van der Waals surface area contributed by atoms with Gasteiger partial charge >= 0.3 is 0 Å². The third-order valence-electron chi connectivity index (χ3n) is 2.68. The van der Waals surface area contributed by atoms with Crippen molar-refractivity contribution in [3.8, 4) is 0 Å². The summed E-state index contributed by atoms with van der Waals surface area (Å²) in [5, 5.41) is 8.65. The number of hydrogen-bond acceptors (Lipinski definition) is 3. The second-order valence-electron chi connectivity index (χ2n) is 4.33. The number of aliphatic hydroxyl groups is 1. The van der Waals surface area contributed by atoms with Gasteiger partial charge in [-0.2, -0.15) is 0 Å². The molecule has 0 aliphatic carbocycles. The lowest BCUT2D eigenvalue weighted by Crippen LogP contribution is -2.25. The summed E-state index contributed by atoms with van der Waals surface area (Å²) in [6, 6.07) is 3.70. The average molecular weight is 251 g/mol. The van der Waals surface area contributed by atoms with Crippen LogP contribution in [0.5, 0.6) is 0 Å². The Labute approximate surface area is 108 Å². The molecule has 18 heavy (non-hydrogen) atoms. The van der Waals surface area contributed by atoms with Crippen LogP contribution in [0.4, 0.5) is 0 Å². The summed E-state index contributed by atoms with van der Waals surface area (Å²) in [4.78, 5) is 13.4. The van der Waals surface area contributed by atoms with Gasteiger partial charge in [-0.15, -0.1) is 0 Å². The summed E-state index contributed by atoms with van der Waals surface area (Å²) in [5.74, 6) is 1.49. The maximum Gasteiger partial charge on any atom is 0.246 e. The van der Waals surface area contributed by atoms with Crippen molar-refractivity contribution in [2.24, 2.45) is 0 Å². The smallest absolute Gasteiger partial charge is 0.246 e. The van der Waals surface area contributed by atoms with E-state index in [2.05, 4.69) is 0 Å². The monoisotopic (exact) mass is 251 g/mol. The van der Waals surface area contributed by atoms with E-state index in [1.165, 1.54) is 6.08 Å². The van der Waals surface area contributed by atoms with E-state index in [4.69, 9.17) is 9.52 Å². The molecule has 1 amide bonds. The highest BCUT2D eigenvalue weighted by molar-refractivity contribution is 5.91. The number of aryl methyl sites for hydroxylation is 1. The highest BCUT2D eigenvalue weighted by Crippen LogP contribution is 2.08. The number of amides is 1. The second-order valence-corrected chi connectivity index (χ2v) is 4.33. The Kier molecular flexibility index (Phi) is 6.22. The van der Waals surface area contributed by atoms with Crippen molar-refractivity contribution in [1.29, 1.82) is 0 Å². The lowest BCUT2D eigenvalue weighted by molar-refractivity contribution is -0.124. The van der Waals surface area contributed by atoms with Crippen LogP contribution < -0.4 is 0 Å². The van der Waals surface area contributed by atoms with E-state index >= 15 is 0 Å². The predicted octanol–water partition coefficient (Wildman–Crippen LogP) is 2.22. The Balaban J connectivity index is 2.33. The van der Waals surface area contributed by atoms with Crippen LogP contribution in [0.3, 0.4) is 0 Å². The molecule has 1 heterocycles. The van der Waals surface area contributed by atoms with Crippen molar-refractivity contribution in [2.75, 3.05) is 20.2 Å². The number of rotatable bonds is 7. The number of carbonyl (C=O) groups is 1. The summed E-state index contributed by atoms with van der Waals surface area (Å²) in [6.45, 7) is 2.79. The van der Waals surface area contributed by atoms with E-state index in [-0.39, 0.29) is 12.5 Å². The molecular formula is C14H21NO3. The molecule has 4 heteroatoms. The molecule has 0 bridgehead atoms. The molecule has 4 nitrogen and oxygen atoms in total. The van der Waals surface area contributed by atoms with Gasteiger partial charge in [0.1, 0.15) is 11.5 Å². The van der Waals surface area contributed by atoms with Crippen LogP contribution in [0.1, 0.15) is 30.8 Å². The molecule has 100 valence electrons. The van der Waals surface area contributed by atoms with Gasteiger partial charge in [-0.3, -0.25) is 4.79 Å². The first kappa shape index (κ1) is 14.5. The van der Waals surface area contributed by atoms with Gasteiger partial charge in [-0.1, -0.05) is 0 Å². The molecule has 0 aromatic carbocycles. The summed E-state index contributed by atoms with van der Waals surface area (Å²) >= 11 is 0. The lowest BCUT2D eigenvalue weighted by Gasteiger charge is -2.14.